The van der Waals surface area contributed by atoms with E-state index in [1.165, 1.54) is 12.3 Å². The summed E-state index contributed by atoms with van der Waals surface area (Å²) < 4.78 is 10.6. The number of nitrogens with zero attached hydrogens (tertiary/aromatic N) is 3. The second kappa shape index (κ2) is 9.71. The van der Waals surface area contributed by atoms with Crippen molar-refractivity contribution < 1.29 is 23.8 Å². The van der Waals surface area contributed by atoms with Crippen LogP contribution in [0.4, 0.5) is 17.1 Å². The number of esters is 1. The van der Waals surface area contributed by atoms with E-state index in [-0.39, 0.29) is 22.9 Å². The van der Waals surface area contributed by atoms with Crippen LogP contribution < -0.4 is 5.43 Å². The monoisotopic (exact) mass is 458 g/mol. The molecule has 3 aromatic rings. The average Bonchev–Trinajstić information content (AvgIpc) is 3.23. The molecule has 3 rings (SSSR count). The lowest BCUT2D eigenvalue weighted by atomic mass is 10.1. The van der Waals surface area contributed by atoms with Crippen LogP contribution in [0.3, 0.4) is 0 Å². The van der Waals surface area contributed by atoms with Crippen molar-refractivity contribution in [1.29, 1.82) is 0 Å². The average molecular weight is 459 g/mol. The topological polar surface area (TPSA) is 150 Å². The quantitative estimate of drug-likeness (QED) is 0.213. The molecule has 0 aliphatic carbocycles. The minimum atomic E-state index is -0.752. The third-order valence-corrected chi connectivity index (χ3v) is 4.47. The van der Waals surface area contributed by atoms with Gasteiger partial charge in [0.15, 0.2) is 0 Å². The zero-order valence-corrected chi connectivity index (χ0v) is 17.2. The van der Waals surface area contributed by atoms with Gasteiger partial charge in [0.05, 0.1) is 39.3 Å². The number of carbonyl (C=O) groups is 1. The van der Waals surface area contributed by atoms with Gasteiger partial charge in [-0.25, -0.2) is 4.79 Å². The van der Waals surface area contributed by atoms with Crippen LogP contribution >= 0.6 is 11.6 Å². The number of hydrazone groups is 1. The molecule has 0 saturated heterocycles. The Morgan fingerprint density at radius 2 is 1.94 bits per heavy atom. The molecule has 12 heteroatoms. The summed E-state index contributed by atoms with van der Waals surface area (Å²) in [5, 5.41) is 26.1. The van der Waals surface area contributed by atoms with Gasteiger partial charge in [0, 0.05) is 11.6 Å². The van der Waals surface area contributed by atoms with Gasteiger partial charge in [-0.05, 0) is 43.3 Å². The first-order valence-corrected chi connectivity index (χ1v) is 9.46. The normalized spacial score (nSPS) is 10.8. The maximum Gasteiger partial charge on any atom is 0.339 e. The number of benzene rings is 2. The fourth-order valence-electron chi connectivity index (χ4n) is 2.67. The molecular weight excluding hydrogens is 444 g/mol. The second-order valence-electron chi connectivity index (χ2n) is 6.20. The highest BCUT2D eigenvalue weighted by atomic mass is 35.5. The molecule has 164 valence electrons. The molecule has 0 amide bonds. The number of carbonyl (C=O) groups excluding carboxylic acids is 1. The molecule has 0 saturated carbocycles. The van der Waals surface area contributed by atoms with Crippen molar-refractivity contribution in [1.82, 2.24) is 0 Å². The van der Waals surface area contributed by atoms with Crippen molar-refractivity contribution in [3.8, 4) is 11.3 Å². The van der Waals surface area contributed by atoms with E-state index >= 15 is 0 Å². The highest BCUT2D eigenvalue weighted by Crippen LogP contribution is 2.29. The van der Waals surface area contributed by atoms with Gasteiger partial charge >= 0.3 is 11.7 Å². The summed E-state index contributed by atoms with van der Waals surface area (Å²) >= 11 is 6.06. The minimum absolute atomic E-state index is 0.0274. The van der Waals surface area contributed by atoms with Crippen LogP contribution in [0.1, 0.15) is 23.0 Å². The third kappa shape index (κ3) is 5.08. The number of ether oxygens (including phenoxy) is 1. The lowest BCUT2D eigenvalue weighted by Crippen LogP contribution is -2.05. The van der Waals surface area contributed by atoms with Crippen molar-refractivity contribution in [2.75, 3.05) is 12.0 Å². The van der Waals surface area contributed by atoms with E-state index in [0.717, 1.165) is 12.1 Å². The van der Waals surface area contributed by atoms with Crippen molar-refractivity contribution in [2.24, 2.45) is 5.10 Å². The maximum absolute atomic E-state index is 12.0. The Kier molecular flexibility index (Phi) is 6.80. The predicted octanol–water partition coefficient (Wildman–Crippen LogP) is 5.04. The maximum atomic E-state index is 12.0. The van der Waals surface area contributed by atoms with Crippen LogP contribution in [0.5, 0.6) is 0 Å². The first-order chi connectivity index (χ1) is 15.3. The Hall–Kier alpha value is -4.25. The van der Waals surface area contributed by atoms with Crippen LogP contribution in [0.15, 0.2) is 58.0 Å². The molecule has 0 spiro atoms. The number of nitro groups is 2. The number of rotatable bonds is 8. The summed E-state index contributed by atoms with van der Waals surface area (Å²) in [5.74, 6) is 0.182. The number of nitrogens with one attached hydrogen (secondary N) is 1. The van der Waals surface area contributed by atoms with E-state index in [4.69, 9.17) is 20.8 Å². The Morgan fingerprint density at radius 3 is 2.62 bits per heavy atom. The highest BCUT2D eigenvalue weighted by Gasteiger charge is 2.19. The number of anilines is 1. The van der Waals surface area contributed by atoms with Crippen LogP contribution in [-0.4, -0.2) is 28.6 Å². The summed E-state index contributed by atoms with van der Waals surface area (Å²) in [7, 11) is 0. The standard InChI is InChI=1S/C20H15ClN4O7/c1-2-31-20(26)15-9-12(3-6-16(15)21)19-8-5-14(32-19)11-22-23-17-7-4-13(24(27)28)10-18(17)25(29)30/h3-11,23H,2H2,1H3/b22-11-. The van der Waals surface area contributed by atoms with Gasteiger partial charge < -0.3 is 9.15 Å². The molecular formula is C20H15ClN4O7. The van der Waals surface area contributed by atoms with E-state index in [1.54, 1.807) is 37.3 Å². The van der Waals surface area contributed by atoms with Crippen LogP contribution in [0, 0.1) is 20.2 Å². The number of halogens is 1. The number of furan rings is 1. The van der Waals surface area contributed by atoms with Crippen molar-refractivity contribution >= 4 is 40.8 Å². The largest absolute Gasteiger partial charge is 0.462 e. The van der Waals surface area contributed by atoms with E-state index in [0.29, 0.717) is 17.1 Å². The van der Waals surface area contributed by atoms with Crippen molar-refractivity contribution in [2.45, 2.75) is 6.92 Å². The molecule has 0 bridgehead atoms. The Labute approximate surface area is 185 Å². The zero-order valence-electron chi connectivity index (χ0n) is 16.5. The van der Waals surface area contributed by atoms with Gasteiger partial charge in [0.2, 0.25) is 0 Å². The molecule has 11 nitrogen and oxygen atoms in total. The number of hydrogen-bond acceptors (Lipinski definition) is 9. The number of hydrogen-bond donors (Lipinski definition) is 1. The van der Waals surface area contributed by atoms with Crippen LogP contribution in [0.25, 0.3) is 11.3 Å². The lowest BCUT2D eigenvalue weighted by molar-refractivity contribution is -0.393. The fraction of sp³-hybridized carbons (Fsp3) is 0.100. The van der Waals surface area contributed by atoms with Gasteiger partial charge in [-0.1, -0.05) is 11.6 Å². The minimum Gasteiger partial charge on any atom is -0.462 e. The van der Waals surface area contributed by atoms with Gasteiger partial charge in [0.25, 0.3) is 5.69 Å². The van der Waals surface area contributed by atoms with Gasteiger partial charge in [-0.15, -0.1) is 0 Å². The van der Waals surface area contributed by atoms with Crippen LogP contribution in [0.2, 0.25) is 5.02 Å². The summed E-state index contributed by atoms with van der Waals surface area (Å²) in [6.45, 7) is 1.90. The summed E-state index contributed by atoms with van der Waals surface area (Å²) in [6, 6.07) is 11.2. The molecule has 32 heavy (non-hydrogen) atoms. The molecule has 2 aromatic carbocycles. The van der Waals surface area contributed by atoms with E-state index in [1.807, 2.05) is 0 Å². The summed E-state index contributed by atoms with van der Waals surface area (Å²) in [5.41, 5.74) is 2.32. The van der Waals surface area contributed by atoms with Crippen molar-refractivity contribution in [3.05, 3.63) is 85.1 Å². The summed E-state index contributed by atoms with van der Waals surface area (Å²) in [4.78, 5) is 32.5. The zero-order chi connectivity index (χ0) is 23.3. The Bertz CT molecular complexity index is 1220. The molecule has 0 unspecified atom stereocenters. The molecule has 0 radical (unpaired) electrons. The van der Waals surface area contributed by atoms with E-state index in [9.17, 15) is 25.0 Å². The smallest absolute Gasteiger partial charge is 0.339 e. The van der Waals surface area contributed by atoms with Gasteiger partial charge in [-0.3, -0.25) is 25.7 Å². The van der Waals surface area contributed by atoms with Crippen LogP contribution in [-0.2, 0) is 4.74 Å². The first-order valence-electron chi connectivity index (χ1n) is 9.09. The third-order valence-electron chi connectivity index (χ3n) is 4.14. The van der Waals surface area contributed by atoms with E-state index in [2.05, 4.69) is 10.5 Å². The Morgan fingerprint density at radius 1 is 1.16 bits per heavy atom. The molecule has 0 aliphatic rings. The SMILES string of the molecule is CCOC(=O)c1cc(-c2ccc(/C=N\Nc3ccc([N+](=O)[O-])cc3[N+](=O)[O-])o2)ccc1Cl. The molecule has 1 heterocycles. The number of nitro benzene ring substituents is 2. The highest BCUT2D eigenvalue weighted by molar-refractivity contribution is 6.33. The lowest BCUT2D eigenvalue weighted by Gasteiger charge is -2.05. The molecule has 0 atom stereocenters. The summed E-state index contributed by atoms with van der Waals surface area (Å²) in [6.07, 6.45) is 1.27. The molecule has 0 fully saturated rings. The number of non-ortho nitro benzene ring substituents is 1. The Balaban J connectivity index is 1.78. The molecule has 1 aromatic heterocycles. The molecule has 0 aliphatic heterocycles. The predicted molar refractivity (Wildman–Crippen MR) is 116 cm³/mol. The fourth-order valence-corrected chi connectivity index (χ4v) is 2.86. The first kappa shape index (κ1) is 22.4. The van der Waals surface area contributed by atoms with Gasteiger partial charge in [0.1, 0.15) is 17.2 Å². The van der Waals surface area contributed by atoms with Crippen molar-refractivity contribution in [3.63, 3.8) is 0 Å². The molecule has 1 N–H and O–H groups in total. The van der Waals surface area contributed by atoms with E-state index < -0.39 is 27.2 Å². The second-order valence-corrected chi connectivity index (χ2v) is 6.61. The van der Waals surface area contributed by atoms with Gasteiger partial charge in [-0.2, -0.15) is 5.10 Å².